The molecule has 1 N–H and O–H groups in total. The van der Waals surface area contributed by atoms with Crippen molar-refractivity contribution in [3.8, 4) is 0 Å². The van der Waals surface area contributed by atoms with Crippen LogP contribution in [-0.2, 0) is 9.53 Å². The molecule has 0 aromatic rings. The fourth-order valence-electron chi connectivity index (χ4n) is 4.42. The van der Waals surface area contributed by atoms with Gasteiger partial charge in [-0.2, -0.15) is 0 Å². The zero-order valence-electron chi connectivity index (χ0n) is 15.0. The van der Waals surface area contributed by atoms with Gasteiger partial charge in [-0.05, 0) is 52.6 Å². The smallest absolute Gasteiger partial charge is 0.311 e. The van der Waals surface area contributed by atoms with Crippen LogP contribution in [0.3, 0.4) is 0 Å². The molecule has 0 bridgehead atoms. The normalized spacial score (nSPS) is 35.7. The van der Waals surface area contributed by atoms with Crippen LogP contribution in [0.15, 0.2) is 23.3 Å². The molecule has 0 aromatic heterocycles. The van der Waals surface area contributed by atoms with Crippen molar-refractivity contribution >= 4 is 5.97 Å². The van der Waals surface area contributed by atoms with Gasteiger partial charge in [0, 0.05) is 18.9 Å². The number of likely N-dealkylation sites (tertiary alicyclic amines) is 1. The summed E-state index contributed by atoms with van der Waals surface area (Å²) in [4.78, 5) is 14.9. The van der Waals surface area contributed by atoms with E-state index < -0.39 is 6.10 Å². The second kappa shape index (κ2) is 7.83. The van der Waals surface area contributed by atoms with Gasteiger partial charge in [-0.25, -0.2) is 0 Å². The van der Waals surface area contributed by atoms with Gasteiger partial charge in [0.2, 0.25) is 0 Å². The predicted molar refractivity (Wildman–Crippen MR) is 94.5 cm³/mol. The molecule has 0 radical (unpaired) electrons. The summed E-state index contributed by atoms with van der Waals surface area (Å²) in [5.74, 6) is -0.456. The van der Waals surface area contributed by atoms with Gasteiger partial charge < -0.3 is 14.7 Å². The minimum absolute atomic E-state index is 0.118. The maximum atomic E-state index is 12.5. The number of aliphatic hydroxyl groups excluding tert-OH is 1. The molecule has 3 rings (SSSR count). The van der Waals surface area contributed by atoms with Crippen molar-refractivity contribution in [2.45, 2.75) is 64.6 Å². The first kappa shape index (κ1) is 17.7. The van der Waals surface area contributed by atoms with Crippen LogP contribution in [0, 0.1) is 11.8 Å². The first-order chi connectivity index (χ1) is 11.5. The third-order valence-electron chi connectivity index (χ3n) is 5.77. The summed E-state index contributed by atoms with van der Waals surface area (Å²) in [6.07, 6.45) is 9.82. The van der Waals surface area contributed by atoms with Gasteiger partial charge in [0.15, 0.2) is 0 Å². The van der Waals surface area contributed by atoms with E-state index in [9.17, 15) is 9.90 Å². The summed E-state index contributed by atoms with van der Waals surface area (Å²) in [6.45, 7) is 7.03. The molecule has 0 amide bonds. The number of hydrogen-bond donors (Lipinski definition) is 1. The molecular weight excluding hydrogens is 302 g/mol. The van der Waals surface area contributed by atoms with E-state index in [-0.39, 0.29) is 23.9 Å². The number of piperidine rings is 1. The highest BCUT2D eigenvalue weighted by Crippen LogP contribution is 2.37. The van der Waals surface area contributed by atoms with E-state index in [1.54, 1.807) is 0 Å². The Morgan fingerprint density at radius 3 is 2.71 bits per heavy atom. The predicted octanol–water partition coefficient (Wildman–Crippen LogP) is 3.07. The highest BCUT2D eigenvalue weighted by molar-refractivity contribution is 5.76. The minimum Gasteiger partial charge on any atom is -0.461 e. The van der Waals surface area contributed by atoms with Gasteiger partial charge in [0.25, 0.3) is 0 Å². The van der Waals surface area contributed by atoms with E-state index in [2.05, 4.69) is 24.8 Å². The zero-order chi connectivity index (χ0) is 17.1. The molecule has 2 saturated heterocycles. The maximum Gasteiger partial charge on any atom is 0.311 e. The summed E-state index contributed by atoms with van der Waals surface area (Å²) in [5, 5.41) is 10.8. The van der Waals surface area contributed by atoms with Crippen LogP contribution in [0.2, 0.25) is 0 Å². The largest absolute Gasteiger partial charge is 0.461 e. The van der Waals surface area contributed by atoms with Gasteiger partial charge in [-0.15, -0.1) is 0 Å². The van der Waals surface area contributed by atoms with Crippen LogP contribution < -0.4 is 0 Å². The lowest BCUT2D eigenvalue weighted by Crippen LogP contribution is -2.41. The molecule has 0 aromatic carbocycles. The SMILES string of the molecule is CC1=CC(O)C2C(CC(C)=CCC1)OC(=O)C2CN1CCCCC1. The number of aliphatic hydroxyl groups is 1. The number of rotatable bonds is 2. The Hall–Kier alpha value is -1.13. The van der Waals surface area contributed by atoms with Crippen molar-refractivity contribution in [3.63, 3.8) is 0 Å². The number of hydrogen-bond acceptors (Lipinski definition) is 4. The molecule has 1 aliphatic carbocycles. The van der Waals surface area contributed by atoms with E-state index in [0.717, 1.165) is 38.9 Å². The van der Waals surface area contributed by atoms with Gasteiger partial charge in [-0.1, -0.05) is 29.7 Å². The Balaban J connectivity index is 1.81. The summed E-state index contributed by atoms with van der Waals surface area (Å²) < 4.78 is 5.73. The standard InChI is InChI=1S/C20H31NO3/c1-14-7-6-8-15(2)12-18-19(17(22)11-14)16(20(23)24-18)13-21-9-4-3-5-10-21/h8,11,16-19,22H,3-7,9-10,12-13H2,1-2H3. The highest BCUT2D eigenvalue weighted by Gasteiger charge is 2.48. The Labute approximate surface area is 145 Å². The molecule has 4 unspecified atom stereocenters. The average molecular weight is 333 g/mol. The number of allylic oxidation sites excluding steroid dienone is 2. The Kier molecular flexibility index (Phi) is 5.77. The summed E-state index contributed by atoms with van der Waals surface area (Å²) >= 11 is 0. The molecule has 2 aliphatic heterocycles. The summed E-state index contributed by atoms with van der Waals surface area (Å²) in [7, 11) is 0. The first-order valence-electron chi connectivity index (χ1n) is 9.48. The topological polar surface area (TPSA) is 49.8 Å². The van der Waals surface area contributed by atoms with E-state index >= 15 is 0 Å². The quantitative estimate of drug-likeness (QED) is 0.623. The monoisotopic (exact) mass is 333 g/mol. The van der Waals surface area contributed by atoms with Crippen molar-refractivity contribution in [2.24, 2.45) is 11.8 Å². The minimum atomic E-state index is -0.595. The lowest BCUT2D eigenvalue weighted by Gasteiger charge is -2.31. The maximum absolute atomic E-state index is 12.5. The lowest BCUT2D eigenvalue weighted by molar-refractivity contribution is -0.144. The Morgan fingerprint density at radius 2 is 1.96 bits per heavy atom. The second-order valence-corrected chi connectivity index (χ2v) is 7.82. The van der Waals surface area contributed by atoms with Crippen LogP contribution in [-0.4, -0.2) is 47.8 Å². The third-order valence-corrected chi connectivity index (χ3v) is 5.77. The lowest BCUT2D eigenvalue weighted by atomic mass is 9.81. The number of carbonyl (C=O) groups is 1. The Morgan fingerprint density at radius 1 is 1.21 bits per heavy atom. The van der Waals surface area contributed by atoms with Gasteiger partial charge in [0.1, 0.15) is 6.10 Å². The number of nitrogens with zero attached hydrogens (tertiary/aromatic N) is 1. The van der Waals surface area contributed by atoms with Crippen LogP contribution in [0.5, 0.6) is 0 Å². The molecular formula is C20H31NO3. The van der Waals surface area contributed by atoms with Crippen molar-refractivity contribution in [1.82, 2.24) is 4.90 Å². The number of carbonyl (C=O) groups excluding carboxylic acids is 1. The van der Waals surface area contributed by atoms with Crippen molar-refractivity contribution in [1.29, 1.82) is 0 Å². The molecule has 4 atom stereocenters. The summed E-state index contributed by atoms with van der Waals surface area (Å²) in [6, 6.07) is 0. The molecule has 3 aliphatic rings. The van der Waals surface area contributed by atoms with Crippen LogP contribution in [0.1, 0.15) is 52.4 Å². The van der Waals surface area contributed by atoms with Crippen LogP contribution in [0.4, 0.5) is 0 Å². The first-order valence-corrected chi connectivity index (χ1v) is 9.48. The third kappa shape index (κ3) is 4.09. The molecule has 0 saturated carbocycles. The second-order valence-electron chi connectivity index (χ2n) is 7.82. The number of ether oxygens (including phenoxy) is 1. The van der Waals surface area contributed by atoms with Crippen LogP contribution >= 0.6 is 0 Å². The van der Waals surface area contributed by atoms with Gasteiger partial charge >= 0.3 is 5.97 Å². The molecule has 4 nitrogen and oxygen atoms in total. The van der Waals surface area contributed by atoms with Crippen molar-refractivity contribution in [3.05, 3.63) is 23.3 Å². The number of fused-ring (bicyclic) bond motifs is 1. The highest BCUT2D eigenvalue weighted by atomic mass is 16.6. The average Bonchev–Trinajstić information content (AvgIpc) is 2.83. The van der Waals surface area contributed by atoms with Gasteiger partial charge in [0.05, 0.1) is 12.0 Å². The number of esters is 1. The molecule has 0 spiro atoms. The molecule has 24 heavy (non-hydrogen) atoms. The molecule has 4 heteroatoms. The van der Waals surface area contributed by atoms with Crippen molar-refractivity contribution in [2.75, 3.05) is 19.6 Å². The molecule has 2 fully saturated rings. The van der Waals surface area contributed by atoms with Crippen LogP contribution in [0.25, 0.3) is 0 Å². The van der Waals surface area contributed by atoms with Crippen molar-refractivity contribution < 1.29 is 14.6 Å². The molecule has 2 heterocycles. The summed E-state index contributed by atoms with van der Waals surface area (Å²) in [5.41, 5.74) is 2.46. The fourth-order valence-corrected chi connectivity index (χ4v) is 4.42. The zero-order valence-corrected chi connectivity index (χ0v) is 15.0. The van der Waals surface area contributed by atoms with Gasteiger partial charge in [-0.3, -0.25) is 4.79 Å². The van der Waals surface area contributed by atoms with E-state index in [1.807, 2.05) is 6.08 Å². The van der Waals surface area contributed by atoms with E-state index in [0.29, 0.717) is 0 Å². The fraction of sp³-hybridized carbons (Fsp3) is 0.750. The van der Waals surface area contributed by atoms with E-state index in [4.69, 9.17) is 4.74 Å². The molecule has 134 valence electrons. The Bertz CT molecular complexity index is 519. The van der Waals surface area contributed by atoms with E-state index in [1.165, 1.54) is 30.4 Å².